The Bertz CT molecular complexity index is 733. The van der Waals surface area contributed by atoms with E-state index in [1.807, 2.05) is 24.1 Å². The summed E-state index contributed by atoms with van der Waals surface area (Å²) in [6.07, 6.45) is -0.559. The normalized spacial score (nSPS) is 17.3. The minimum atomic E-state index is -0.559. The second-order valence-electron chi connectivity index (χ2n) is 4.87. The van der Waals surface area contributed by atoms with Crippen molar-refractivity contribution < 1.29 is 15.0 Å². The fourth-order valence-corrected chi connectivity index (χ4v) is 2.97. The molecule has 21 heavy (non-hydrogen) atoms. The minimum absolute atomic E-state index is 0.00988. The monoisotopic (exact) mass is 348 g/mol. The van der Waals surface area contributed by atoms with Crippen LogP contribution >= 0.6 is 15.9 Å². The largest absolute Gasteiger partial charge is 0.508 e. The Labute approximate surface area is 130 Å². The van der Waals surface area contributed by atoms with E-state index in [4.69, 9.17) is 0 Å². The van der Waals surface area contributed by atoms with Crippen molar-refractivity contribution in [3.05, 3.63) is 52.0 Å². The zero-order valence-corrected chi connectivity index (χ0v) is 12.8. The molecule has 1 amide bonds. The molecule has 0 spiro atoms. The summed E-state index contributed by atoms with van der Waals surface area (Å²) < 4.78 is 0.374. The Morgan fingerprint density at radius 1 is 1.24 bits per heavy atom. The zero-order chi connectivity index (χ0) is 15.1. The first kappa shape index (κ1) is 13.8. The molecule has 5 nitrogen and oxygen atoms in total. The van der Waals surface area contributed by atoms with E-state index in [0.717, 1.165) is 5.69 Å². The lowest BCUT2D eigenvalue weighted by atomic mass is 10.0. The van der Waals surface area contributed by atoms with Gasteiger partial charge >= 0.3 is 0 Å². The number of benzene rings is 2. The third-order valence-electron chi connectivity index (χ3n) is 3.56. The van der Waals surface area contributed by atoms with E-state index in [1.54, 1.807) is 12.1 Å². The van der Waals surface area contributed by atoms with Crippen molar-refractivity contribution in [1.29, 1.82) is 0 Å². The maximum Gasteiger partial charge on any atom is 0.255 e. The lowest BCUT2D eigenvalue weighted by Gasteiger charge is -2.36. The fourth-order valence-electron chi connectivity index (χ4n) is 2.51. The Kier molecular flexibility index (Phi) is 3.25. The molecule has 0 unspecified atom stereocenters. The SMILES string of the molecule is CN1c2ccccc2C(=O)N[C@H]1c1cc(O)cc(Br)c1O. The molecular formula is C15H13BrN2O3. The number of phenolic OH excluding ortho intramolecular Hbond substituents is 2. The van der Waals surface area contributed by atoms with Crippen LogP contribution in [0.15, 0.2) is 40.9 Å². The topological polar surface area (TPSA) is 72.8 Å². The number of nitrogens with one attached hydrogen (secondary N) is 1. The van der Waals surface area contributed by atoms with Gasteiger partial charge in [-0.1, -0.05) is 12.1 Å². The van der Waals surface area contributed by atoms with Gasteiger partial charge in [-0.05, 0) is 40.2 Å². The molecule has 0 bridgehead atoms. The van der Waals surface area contributed by atoms with Gasteiger partial charge in [0, 0.05) is 12.6 Å². The standard InChI is InChI=1S/C15H13BrN2O3/c1-18-12-5-3-2-4-9(12)15(21)17-14(18)10-6-8(19)7-11(16)13(10)20/h2-7,14,19-20H,1H3,(H,17,21)/t14-/m1/s1. The average molecular weight is 349 g/mol. The summed E-state index contributed by atoms with van der Waals surface area (Å²) >= 11 is 3.19. The second kappa shape index (κ2) is 4.96. The third kappa shape index (κ3) is 2.21. The van der Waals surface area contributed by atoms with Gasteiger partial charge in [0.1, 0.15) is 17.7 Å². The molecule has 0 saturated carbocycles. The van der Waals surface area contributed by atoms with E-state index in [2.05, 4.69) is 21.2 Å². The molecule has 108 valence electrons. The molecule has 0 radical (unpaired) electrons. The number of phenols is 2. The van der Waals surface area contributed by atoms with Gasteiger partial charge in [-0.3, -0.25) is 4.79 Å². The van der Waals surface area contributed by atoms with Crippen LogP contribution in [0.3, 0.4) is 0 Å². The smallest absolute Gasteiger partial charge is 0.255 e. The van der Waals surface area contributed by atoms with Crippen LogP contribution in [-0.2, 0) is 0 Å². The molecule has 1 aliphatic heterocycles. The van der Waals surface area contributed by atoms with Gasteiger partial charge in [-0.2, -0.15) is 0 Å². The van der Waals surface area contributed by atoms with Crippen LogP contribution in [0.2, 0.25) is 0 Å². The van der Waals surface area contributed by atoms with E-state index >= 15 is 0 Å². The van der Waals surface area contributed by atoms with E-state index in [9.17, 15) is 15.0 Å². The molecule has 6 heteroatoms. The summed E-state index contributed by atoms with van der Waals surface area (Å²) in [6.45, 7) is 0. The third-order valence-corrected chi connectivity index (χ3v) is 4.16. The van der Waals surface area contributed by atoms with Crippen molar-refractivity contribution in [2.45, 2.75) is 6.17 Å². The highest BCUT2D eigenvalue weighted by molar-refractivity contribution is 9.10. The number of nitrogens with zero attached hydrogens (tertiary/aromatic N) is 1. The van der Waals surface area contributed by atoms with Gasteiger partial charge in [0.05, 0.1) is 15.7 Å². The maximum atomic E-state index is 12.2. The molecular weight excluding hydrogens is 336 g/mol. The Morgan fingerprint density at radius 2 is 1.95 bits per heavy atom. The highest BCUT2D eigenvalue weighted by atomic mass is 79.9. The van der Waals surface area contributed by atoms with Crippen molar-refractivity contribution in [3.8, 4) is 11.5 Å². The first-order chi connectivity index (χ1) is 9.99. The van der Waals surface area contributed by atoms with Crippen molar-refractivity contribution >= 4 is 27.5 Å². The Morgan fingerprint density at radius 3 is 2.71 bits per heavy atom. The summed E-state index contributed by atoms with van der Waals surface area (Å²) in [5.41, 5.74) is 1.77. The van der Waals surface area contributed by atoms with Crippen LogP contribution in [0.1, 0.15) is 22.1 Å². The number of aromatic hydroxyl groups is 2. The highest BCUT2D eigenvalue weighted by Gasteiger charge is 2.31. The summed E-state index contributed by atoms with van der Waals surface area (Å²) in [7, 11) is 1.82. The minimum Gasteiger partial charge on any atom is -0.508 e. The molecule has 3 N–H and O–H groups in total. The average Bonchev–Trinajstić information content (AvgIpc) is 2.47. The Balaban J connectivity index is 2.12. The molecule has 1 heterocycles. The van der Waals surface area contributed by atoms with Crippen molar-refractivity contribution in [2.75, 3.05) is 11.9 Å². The Hall–Kier alpha value is -2.21. The van der Waals surface area contributed by atoms with E-state index < -0.39 is 6.17 Å². The molecule has 2 aromatic carbocycles. The molecule has 0 aromatic heterocycles. The fraction of sp³-hybridized carbons (Fsp3) is 0.133. The highest BCUT2D eigenvalue weighted by Crippen LogP contribution is 2.40. The number of rotatable bonds is 1. The molecule has 0 aliphatic carbocycles. The molecule has 1 atom stereocenters. The van der Waals surface area contributed by atoms with Gasteiger partial charge in [0.25, 0.3) is 5.91 Å². The quantitative estimate of drug-likeness (QED) is 0.693. The van der Waals surface area contributed by atoms with Crippen LogP contribution < -0.4 is 10.2 Å². The van der Waals surface area contributed by atoms with E-state index in [1.165, 1.54) is 12.1 Å². The van der Waals surface area contributed by atoms with Crippen LogP contribution in [0, 0.1) is 0 Å². The van der Waals surface area contributed by atoms with Crippen molar-refractivity contribution in [3.63, 3.8) is 0 Å². The second-order valence-corrected chi connectivity index (χ2v) is 5.72. The number of amides is 1. The van der Waals surface area contributed by atoms with Crippen LogP contribution in [0.5, 0.6) is 11.5 Å². The van der Waals surface area contributed by atoms with Crippen molar-refractivity contribution in [2.24, 2.45) is 0 Å². The molecule has 0 fully saturated rings. The summed E-state index contributed by atoms with van der Waals surface area (Å²) in [5.74, 6) is -0.215. The lowest BCUT2D eigenvalue weighted by Crippen LogP contribution is -2.44. The summed E-state index contributed by atoms with van der Waals surface area (Å²) in [6, 6.07) is 10.1. The first-order valence-electron chi connectivity index (χ1n) is 6.33. The molecule has 2 aromatic rings. The van der Waals surface area contributed by atoms with Gasteiger partial charge in [0.2, 0.25) is 0 Å². The van der Waals surface area contributed by atoms with Crippen LogP contribution in [0.4, 0.5) is 5.69 Å². The van der Waals surface area contributed by atoms with Gasteiger partial charge in [-0.15, -0.1) is 0 Å². The summed E-state index contributed by atoms with van der Waals surface area (Å²) in [4.78, 5) is 14.0. The number of hydrogen-bond acceptors (Lipinski definition) is 4. The van der Waals surface area contributed by atoms with Crippen molar-refractivity contribution in [1.82, 2.24) is 5.32 Å². The zero-order valence-electron chi connectivity index (χ0n) is 11.2. The number of carbonyl (C=O) groups is 1. The first-order valence-corrected chi connectivity index (χ1v) is 7.12. The van der Waals surface area contributed by atoms with Crippen LogP contribution in [-0.4, -0.2) is 23.2 Å². The number of carbonyl (C=O) groups excluding carboxylic acids is 1. The maximum absolute atomic E-state index is 12.2. The number of hydrogen-bond donors (Lipinski definition) is 3. The molecule has 3 rings (SSSR count). The number of anilines is 1. The van der Waals surface area contributed by atoms with Gasteiger partial charge in [-0.25, -0.2) is 0 Å². The van der Waals surface area contributed by atoms with E-state index in [0.29, 0.717) is 15.6 Å². The number of para-hydroxylation sites is 1. The van der Waals surface area contributed by atoms with Gasteiger partial charge < -0.3 is 20.4 Å². The van der Waals surface area contributed by atoms with E-state index in [-0.39, 0.29) is 17.4 Å². The molecule has 0 saturated heterocycles. The molecule has 1 aliphatic rings. The van der Waals surface area contributed by atoms with Crippen LogP contribution in [0.25, 0.3) is 0 Å². The van der Waals surface area contributed by atoms with Gasteiger partial charge in [0.15, 0.2) is 0 Å². The predicted octanol–water partition coefficient (Wildman–Crippen LogP) is 2.74. The number of fused-ring (bicyclic) bond motifs is 1. The number of halogens is 1. The lowest BCUT2D eigenvalue weighted by molar-refractivity contribution is 0.0927. The summed E-state index contributed by atoms with van der Waals surface area (Å²) in [5, 5.41) is 22.7. The predicted molar refractivity (Wildman–Crippen MR) is 82.5 cm³/mol.